The van der Waals surface area contributed by atoms with Crippen molar-refractivity contribution >= 4 is 16.9 Å². The molecule has 0 aliphatic rings. The number of benzene rings is 1. The van der Waals surface area contributed by atoms with E-state index in [-0.39, 0.29) is 11.8 Å². The van der Waals surface area contributed by atoms with Crippen LogP contribution in [0, 0.1) is 5.92 Å². The van der Waals surface area contributed by atoms with E-state index in [0.717, 1.165) is 16.5 Å². The van der Waals surface area contributed by atoms with Crippen LogP contribution in [0.15, 0.2) is 39.5 Å². The van der Waals surface area contributed by atoms with E-state index >= 15 is 0 Å². The summed E-state index contributed by atoms with van der Waals surface area (Å²) in [7, 11) is 0. The lowest BCUT2D eigenvalue weighted by molar-refractivity contribution is -0.125. The van der Waals surface area contributed by atoms with Crippen LogP contribution < -0.4 is 5.32 Å². The quantitative estimate of drug-likeness (QED) is 0.797. The first kappa shape index (κ1) is 15.3. The third kappa shape index (κ3) is 2.97. The van der Waals surface area contributed by atoms with Gasteiger partial charge in [-0.1, -0.05) is 25.1 Å². The zero-order chi connectivity index (χ0) is 16.6. The molecule has 0 atom stereocenters. The lowest BCUT2D eigenvalue weighted by Gasteiger charge is -2.23. The molecule has 6 nitrogen and oxygen atoms in total. The highest BCUT2D eigenvalue weighted by Crippen LogP contribution is 2.26. The fourth-order valence-corrected chi connectivity index (χ4v) is 2.19. The highest BCUT2D eigenvalue weighted by molar-refractivity contribution is 5.81. The Morgan fingerprint density at radius 3 is 2.78 bits per heavy atom. The van der Waals surface area contributed by atoms with Crippen molar-refractivity contribution in [2.45, 2.75) is 33.2 Å². The number of hydrogen-bond acceptors (Lipinski definition) is 5. The monoisotopic (exact) mass is 313 g/mol. The smallest absolute Gasteiger partial charge is 0.258 e. The summed E-state index contributed by atoms with van der Waals surface area (Å²) < 4.78 is 10.7. The Hall–Kier alpha value is -2.63. The molecule has 0 spiro atoms. The second-order valence-electron chi connectivity index (χ2n) is 6.37. The van der Waals surface area contributed by atoms with Crippen molar-refractivity contribution in [1.82, 2.24) is 15.5 Å². The molecule has 1 amide bonds. The van der Waals surface area contributed by atoms with E-state index < -0.39 is 5.54 Å². The van der Waals surface area contributed by atoms with E-state index in [9.17, 15) is 4.79 Å². The minimum Gasteiger partial charge on any atom is -0.464 e. The van der Waals surface area contributed by atoms with Crippen molar-refractivity contribution in [3.8, 4) is 11.5 Å². The van der Waals surface area contributed by atoms with Crippen molar-refractivity contribution in [2.75, 3.05) is 0 Å². The molecule has 1 N–H and O–H groups in total. The van der Waals surface area contributed by atoms with Crippen molar-refractivity contribution in [3.63, 3.8) is 0 Å². The Labute approximate surface area is 133 Å². The summed E-state index contributed by atoms with van der Waals surface area (Å²) in [6.45, 7) is 7.37. The van der Waals surface area contributed by atoms with E-state index in [4.69, 9.17) is 8.94 Å². The normalized spacial score (nSPS) is 12.0. The van der Waals surface area contributed by atoms with E-state index in [1.807, 2.05) is 52.0 Å². The first-order valence-corrected chi connectivity index (χ1v) is 7.50. The van der Waals surface area contributed by atoms with Gasteiger partial charge in [0.2, 0.25) is 5.91 Å². The number of rotatable bonds is 4. The summed E-state index contributed by atoms with van der Waals surface area (Å²) in [4.78, 5) is 16.3. The molecule has 2 aromatic heterocycles. The van der Waals surface area contributed by atoms with E-state index in [2.05, 4.69) is 15.5 Å². The Morgan fingerprint density at radius 1 is 1.26 bits per heavy atom. The van der Waals surface area contributed by atoms with Crippen LogP contribution in [0.25, 0.3) is 22.4 Å². The Balaban J connectivity index is 1.88. The third-order valence-corrected chi connectivity index (χ3v) is 3.65. The second kappa shape index (κ2) is 5.53. The summed E-state index contributed by atoms with van der Waals surface area (Å²) >= 11 is 0. The maximum atomic E-state index is 11.9. The van der Waals surface area contributed by atoms with Crippen LogP contribution in [0.3, 0.4) is 0 Å². The molecule has 2 heterocycles. The number of furan rings is 1. The number of carbonyl (C=O) groups excluding carboxylic acids is 1. The van der Waals surface area contributed by atoms with Crippen LogP contribution in [-0.2, 0) is 10.3 Å². The number of amides is 1. The molecule has 23 heavy (non-hydrogen) atoms. The lowest BCUT2D eigenvalue weighted by atomic mass is 10.0. The van der Waals surface area contributed by atoms with Crippen molar-refractivity contribution < 1.29 is 13.7 Å². The van der Waals surface area contributed by atoms with Gasteiger partial charge in [0.25, 0.3) is 5.89 Å². The van der Waals surface area contributed by atoms with Gasteiger partial charge in [-0.2, -0.15) is 4.98 Å². The molecule has 0 saturated heterocycles. The molecule has 0 saturated carbocycles. The van der Waals surface area contributed by atoms with Crippen molar-refractivity contribution in [2.24, 2.45) is 5.92 Å². The van der Waals surface area contributed by atoms with Gasteiger partial charge in [0.05, 0.1) is 11.8 Å². The largest absolute Gasteiger partial charge is 0.464 e. The van der Waals surface area contributed by atoms with Crippen molar-refractivity contribution in [1.29, 1.82) is 0 Å². The molecule has 3 aromatic rings. The summed E-state index contributed by atoms with van der Waals surface area (Å²) in [5, 5.41) is 7.94. The summed E-state index contributed by atoms with van der Waals surface area (Å²) in [5.74, 6) is 0.659. The van der Waals surface area contributed by atoms with Crippen LogP contribution in [0.1, 0.15) is 33.5 Å². The maximum Gasteiger partial charge on any atom is 0.258 e. The van der Waals surface area contributed by atoms with E-state index in [1.54, 1.807) is 6.26 Å². The van der Waals surface area contributed by atoms with Crippen LogP contribution in [0.4, 0.5) is 0 Å². The molecule has 120 valence electrons. The number of nitrogens with zero attached hydrogens (tertiary/aromatic N) is 2. The SMILES string of the molecule is CC(C)C(=O)NC(C)(C)c1noc(-c2ccc3ccoc3c2)n1. The molecule has 0 unspecified atom stereocenters. The molecule has 0 radical (unpaired) electrons. The standard InChI is InChI=1S/C17H19N3O3/c1-10(2)14(21)19-17(3,4)16-18-15(23-20-16)12-6-5-11-7-8-22-13(11)9-12/h5-10H,1-4H3,(H,19,21). The molecule has 0 bridgehead atoms. The van der Waals surface area contributed by atoms with E-state index in [0.29, 0.717) is 11.7 Å². The van der Waals surface area contributed by atoms with Gasteiger partial charge >= 0.3 is 0 Å². The van der Waals surface area contributed by atoms with Crippen LogP contribution in [-0.4, -0.2) is 16.0 Å². The summed E-state index contributed by atoms with van der Waals surface area (Å²) in [6, 6.07) is 7.58. The molecule has 3 rings (SSSR count). The summed E-state index contributed by atoms with van der Waals surface area (Å²) in [6.07, 6.45) is 1.64. The molecule has 6 heteroatoms. The molecule has 0 fully saturated rings. The number of fused-ring (bicyclic) bond motifs is 1. The minimum atomic E-state index is -0.710. The van der Waals surface area contributed by atoms with Gasteiger partial charge in [0.1, 0.15) is 5.58 Å². The number of nitrogens with one attached hydrogen (secondary N) is 1. The van der Waals surface area contributed by atoms with Gasteiger partial charge < -0.3 is 14.3 Å². The van der Waals surface area contributed by atoms with Gasteiger partial charge in [-0.05, 0) is 32.0 Å². The van der Waals surface area contributed by atoms with Crippen LogP contribution >= 0.6 is 0 Å². The third-order valence-electron chi connectivity index (χ3n) is 3.65. The lowest BCUT2D eigenvalue weighted by Crippen LogP contribution is -2.43. The summed E-state index contributed by atoms with van der Waals surface area (Å²) in [5.41, 5.74) is 0.824. The van der Waals surface area contributed by atoms with E-state index in [1.165, 1.54) is 0 Å². The fourth-order valence-electron chi connectivity index (χ4n) is 2.19. The number of carbonyl (C=O) groups is 1. The maximum absolute atomic E-state index is 11.9. The molecule has 1 aromatic carbocycles. The van der Waals surface area contributed by atoms with Gasteiger partial charge in [-0.25, -0.2) is 0 Å². The zero-order valence-corrected chi connectivity index (χ0v) is 13.6. The molecule has 0 aliphatic carbocycles. The van der Waals surface area contributed by atoms with Gasteiger partial charge in [-0.15, -0.1) is 0 Å². The first-order valence-electron chi connectivity index (χ1n) is 7.50. The number of aromatic nitrogens is 2. The zero-order valence-electron chi connectivity index (χ0n) is 13.6. The predicted molar refractivity (Wildman–Crippen MR) is 85.5 cm³/mol. The molecular weight excluding hydrogens is 294 g/mol. The fraction of sp³-hybridized carbons (Fsp3) is 0.353. The van der Waals surface area contributed by atoms with Gasteiger partial charge in [-0.3, -0.25) is 4.79 Å². The highest BCUT2D eigenvalue weighted by atomic mass is 16.5. The second-order valence-corrected chi connectivity index (χ2v) is 6.37. The molecule has 0 aliphatic heterocycles. The Kier molecular flexibility index (Phi) is 3.67. The Morgan fingerprint density at radius 2 is 2.04 bits per heavy atom. The number of hydrogen-bond donors (Lipinski definition) is 1. The first-order chi connectivity index (χ1) is 10.9. The topological polar surface area (TPSA) is 81.2 Å². The van der Waals surface area contributed by atoms with Gasteiger partial charge in [0, 0.05) is 16.9 Å². The average Bonchev–Trinajstić information content (AvgIpc) is 3.15. The van der Waals surface area contributed by atoms with Crippen LogP contribution in [0.2, 0.25) is 0 Å². The Bertz CT molecular complexity index is 846. The van der Waals surface area contributed by atoms with Crippen LogP contribution in [0.5, 0.6) is 0 Å². The average molecular weight is 313 g/mol. The predicted octanol–water partition coefficient (Wildman–Crippen LogP) is 3.49. The van der Waals surface area contributed by atoms with Gasteiger partial charge in [0.15, 0.2) is 5.82 Å². The minimum absolute atomic E-state index is 0.0571. The molecular formula is C17H19N3O3. The van der Waals surface area contributed by atoms with Crippen molar-refractivity contribution in [3.05, 3.63) is 36.4 Å². The highest BCUT2D eigenvalue weighted by Gasteiger charge is 2.29.